The van der Waals surface area contributed by atoms with E-state index < -0.39 is 0 Å². The molecule has 5 nitrogen and oxygen atoms in total. The fourth-order valence-corrected chi connectivity index (χ4v) is 4.74. The molecule has 0 aromatic heterocycles. The van der Waals surface area contributed by atoms with Crippen LogP contribution in [0.15, 0.2) is 24.3 Å². The standard InChI is InChI=1S/C21H28ClN3O2/c22-19-9-5-4-8-16(19)17-14-18(17)20(26)24-10-12-25(13-11-24)21(27)23-15-6-2-1-3-7-15/h4-5,8-9,15,17-18H,1-3,6-7,10-14H2,(H,23,27). The Bertz CT molecular complexity index is 696. The number of nitrogens with zero attached hydrogens (tertiary/aromatic N) is 2. The van der Waals surface area contributed by atoms with Gasteiger partial charge in [-0.1, -0.05) is 49.1 Å². The summed E-state index contributed by atoms with van der Waals surface area (Å²) in [7, 11) is 0. The van der Waals surface area contributed by atoms with Crippen LogP contribution in [0.3, 0.4) is 0 Å². The van der Waals surface area contributed by atoms with Gasteiger partial charge in [-0.2, -0.15) is 0 Å². The highest BCUT2D eigenvalue weighted by molar-refractivity contribution is 6.31. The molecule has 0 bridgehead atoms. The van der Waals surface area contributed by atoms with Crippen LogP contribution in [0.1, 0.15) is 50.0 Å². The number of hydrogen-bond acceptors (Lipinski definition) is 2. The number of amides is 3. The molecule has 1 saturated heterocycles. The molecule has 146 valence electrons. The fraction of sp³-hybridized carbons (Fsp3) is 0.619. The number of benzene rings is 1. The summed E-state index contributed by atoms with van der Waals surface area (Å²) >= 11 is 6.27. The number of hydrogen-bond donors (Lipinski definition) is 1. The average Bonchev–Trinajstić information content (AvgIpc) is 3.49. The Morgan fingerprint density at radius 3 is 2.33 bits per heavy atom. The molecule has 1 aromatic carbocycles. The van der Waals surface area contributed by atoms with Gasteiger partial charge in [-0.25, -0.2) is 4.79 Å². The van der Waals surface area contributed by atoms with Crippen molar-refractivity contribution in [3.8, 4) is 0 Å². The van der Waals surface area contributed by atoms with Crippen molar-refractivity contribution >= 4 is 23.5 Å². The second kappa shape index (κ2) is 8.09. The molecule has 4 rings (SSSR count). The normalized spacial score (nSPS) is 26.0. The molecule has 1 aromatic rings. The number of piperazine rings is 1. The molecule has 1 aliphatic heterocycles. The minimum absolute atomic E-state index is 0.0364. The number of urea groups is 1. The summed E-state index contributed by atoms with van der Waals surface area (Å²) < 4.78 is 0. The molecule has 0 spiro atoms. The first-order valence-electron chi connectivity index (χ1n) is 10.2. The second-order valence-corrected chi connectivity index (χ2v) is 8.47. The molecule has 1 heterocycles. The first-order valence-corrected chi connectivity index (χ1v) is 10.6. The van der Waals surface area contributed by atoms with Crippen LogP contribution in [0.4, 0.5) is 4.79 Å². The lowest BCUT2D eigenvalue weighted by atomic mass is 9.96. The molecule has 2 saturated carbocycles. The Hall–Kier alpha value is -1.75. The van der Waals surface area contributed by atoms with E-state index in [4.69, 9.17) is 11.6 Å². The van der Waals surface area contributed by atoms with E-state index in [0.717, 1.165) is 29.8 Å². The lowest BCUT2D eigenvalue weighted by Crippen LogP contribution is -2.55. The SMILES string of the molecule is O=C(NC1CCCCC1)N1CCN(C(=O)C2CC2c2ccccc2Cl)CC1. The average molecular weight is 390 g/mol. The third-order valence-electron chi connectivity index (χ3n) is 6.22. The maximum absolute atomic E-state index is 12.8. The van der Waals surface area contributed by atoms with E-state index in [1.165, 1.54) is 19.3 Å². The van der Waals surface area contributed by atoms with E-state index in [1.807, 2.05) is 34.1 Å². The van der Waals surface area contributed by atoms with E-state index in [1.54, 1.807) is 0 Å². The molecule has 0 radical (unpaired) electrons. The summed E-state index contributed by atoms with van der Waals surface area (Å²) in [5, 5.41) is 3.92. The van der Waals surface area contributed by atoms with E-state index in [2.05, 4.69) is 5.32 Å². The molecular weight excluding hydrogens is 362 g/mol. The highest BCUT2D eigenvalue weighted by atomic mass is 35.5. The summed E-state index contributed by atoms with van der Waals surface area (Å²) in [6.45, 7) is 2.49. The predicted molar refractivity (Wildman–Crippen MR) is 106 cm³/mol. The molecule has 2 aliphatic carbocycles. The van der Waals surface area contributed by atoms with Gasteiger partial charge in [0.2, 0.25) is 5.91 Å². The zero-order valence-corrected chi connectivity index (χ0v) is 16.5. The minimum Gasteiger partial charge on any atom is -0.339 e. The first-order chi connectivity index (χ1) is 13.1. The number of carbonyl (C=O) groups excluding carboxylic acids is 2. The molecule has 3 amide bonds. The molecule has 2 unspecified atom stereocenters. The van der Waals surface area contributed by atoms with Gasteiger partial charge in [0, 0.05) is 43.2 Å². The third kappa shape index (κ3) is 4.23. The van der Waals surface area contributed by atoms with Crippen LogP contribution in [0.25, 0.3) is 0 Å². The van der Waals surface area contributed by atoms with Crippen molar-refractivity contribution in [2.24, 2.45) is 5.92 Å². The van der Waals surface area contributed by atoms with Gasteiger partial charge in [-0.15, -0.1) is 0 Å². The third-order valence-corrected chi connectivity index (χ3v) is 6.57. The van der Waals surface area contributed by atoms with Gasteiger partial charge in [0.05, 0.1) is 0 Å². The van der Waals surface area contributed by atoms with Crippen LogP contribution in [0.2, 0.25) is 5.02 Å². The summed E-state index contributed by atoms with van der Waals surface area (Å²) in [6.07, 6.45) is 6.77. The van der Waals surface area contributed by atoms with Crippen LogP contribution in [0.5, 0.6) is 0 Å². The van der Waals surface area contributed by atoms with Gasteiger partial charge < -0.3 is 15.1 Å². The van der Waals surface area contributed by atoms with Gasteiger partial charge in [-0.3, -0.25) is 4.79 Å². The number of carbonyl (C=O) groups is 2. The summed E-state index contributed by atoms with van der Waals surface area (Å²) in [5.74, 6) is 0.513. The second-order valence-electron chi connectivity index (χ2n) is 8.07. The summed E-state index contributed by atoms with van der Waals surface area (Å²) in [4.78, 5) is 29.1. The zero-order valence-electron chi connectivity index (χ0n) is 15.7. The van der Waals surface area contributed by atoms with Crippen molar-refractivity contribution in [2.45, 2.75) is 50.5 Å². The number of rotatable bonds is 3. The molecule has 1 N–H and O–H groups in total. The Labute approximate surface area is 166 Å². The van der Waals surface area contributed by atoms with Crippen molar-refractivity contribution in [3.63, 3.8) is 0 Å². The molecular formula is C21H28ClN3O2. The van der Waals surface area contributed by atoms with Gasteiger partial charge in [0.25, 0.3) is 0 Å². The van der Waals surface area contributed by atoms with Crippen LogP contribution in [0, 0.1) is 5.92 Å². The van der Waals surface area contributed by atoms with E-state index in [-0.39, 0.29) is 23.8 Å². The Kier molecular flexibility index (Phi) is 5.58. The highest BCUT2D eigenvalue weighted by Gasteiger charge is 2.46. The predicted octanol–water partition coefficient (Wildman–Crippen LogP) is 3.63. The van der Waals surface area contributed by atoms with E-state index >= 15 is 0 Å². The molecule has 3 aliphatic rings. The Balaban J connectivity index is 1.25. The molecule has 3 fully saturated rings. The van der Waals surface area contributed by atoms with Crippen LogP contribution < -0.4 is 5.32 Å². The Morgan fingerprint density at radius 1 is 0.963 bits per heavy atom. The number of halogens is 1. The van der Waals surface area contributed by atoms with Gasteiger partial charge in [-0.05, 0) is 36.8 Å². The van der Waals surface area contributed by atoms with Crippen molar-refractivity contribution in [2.75, 3.05) is 26.2 Å². The van der Waals surface area contributed by atoms with Gasteiger partial charge in [0.1, 0.15) is 0 Å². The van der Waals surface area contributed by atoms with Crippen LogP contribution in [-0.4, -0.2) is 54.0 Å². The van der Waals surface area contributed by atoms with Crippen LogP contribution in [-0.2, 0) is 4.79 Å². The zero-order chi connectivity index (χ0) is 18.8. The lowest BCUT2D eigenvalue weighted by Gasteiger charge is -2.36. The van der Waals surface area contributed by atoms with Crippen molar-refractivity contribution in [3.05, 3.63) is 34.9 Å². The van der Waals surface area contributed by atoms with Crippen LogP contribution >= 0.6 is 11.6 Å². The summed E-state index contributed by atoms with van der Waals surface area (Å²) in [6, 6.07) is 8.17. The maximum atomic E-state index is 12.8. The minimum atomic E-state index is 0.0364. The molecule has 2 atom stereocenters. The summed E-state index contributed by atoms with van der Waals surface area (Å²) in [5.41, 5.74) is 1.09. The molecule has 27 heavy (non-hydrogen) atoms. The fourth-order valence-electron chi connectivity index (χ4n) is 4.46. The quantitative estimate of drug-likeness (QED) is 0.858. The van der Waals surface area contributed by atoms with Gasteiger partial charge >= 0.3 is 6.03 Å². The van der Waals surface area contributed by atoms with E-state index in [9.17, 15) is 9.59 Å². The van der Waals surface area contributed by atoms with Gasteiger partial charge in [0.15, 0.2) is 0 Å². The highest BCUT2D eigenvalue weighted by Crippen LogP contribution is 2.50. The topological polar surface area (TPSA) is 52.7 Å². The van der Waals surface area contributed by atoms with Crippen molar-refractivity contribution in [1.29, 1.82) is 0 Å². The lowest BCUT2D eigenvalue weighted by molar-refractivity contribution is -0.134. The van der Waals surface area contributed by atoms with E-state index in [0.29, 0.717) is 32.2 Å². The monoisotopic (exact) mass is 389 g/mol. The smallest absolute Gasteiger partial charge is 0.317 e. The maximum Gasteiger partial charge on any atom is 0.317 e. The largest absolute Gasteiger partial charge is 0.339 e. The number of nitrogens with one attached hydrogen (secondary N) is 1. The molecule has 6 heteroatoms. The van der Waals surface area contributed by atoms with Crippen molar-refractivity contribution in [1.82, 2.24) is 15.1 Å². The first kappa shape index (κ1) is 18.6. The Morgan fingerprint density at radius 2 is 1.63 bits per heavy atom. The van der Waals surface area contributed by atoms with Crippen molar-refractivity contribution < 1.29 is 9.59 Å².